The van der Waals surface area contributed by atoms with Crippen molar-refractivity contribution in [2.45, 2.75) is 30.6 Å². The maximum absolute atomic E-state index is 14.2. The largest absolute Gasteiger partial charge is 0.494 e. The quantitative estimate of drug-likeness (QED) is 0.495. The van der Waals surface area contributed by atoms with Gasteiger partial charge in [0, 0.05) is 47.8 Å². The van der Waals surface area contributed by atoms with Crippen molar-refractivity contribution in [2.24, 2.45) is 5.73 Å². The Balaban J connectivity index is 1.59. The molecule has 2 aromatic carbocycles. The number of methoxy groups -OCH3 is 1. The van der Waals surface area contributed by atoms with E-state index in [1.54, 1.807) is 34.1 Å². The van der Waals surface area contributed by atoms with Crippen molar-refractivity contribution < 1.29 is 23.5 Å². The zero-order chi connectivity index (χ0) is 26.3. The summed E-state index contributed by atoms with van der Waals surface area (Å²) in [6.45, 7) is 0.891. The van der Waals surface area contributed by atoms with Crippen molar-refractivity contribution in [3.05, 3.63) is 59.2 Å². The van der Waals surface area contributed by atoms with Crippen molar-refractivity contribution in [3.8, 4) is 11.4 Å². The monoisotopic (exact) mass is 523 g/mol. The Morgan fingerprint density at radius 2 is 1.86 bits per heavy atom. The topological polar surface area (TPSA) is 111 Å². The van der Waals surface area contributed by atoms with Crippen molar-refractivity contribution in [3.63, 3.8) is 0 Å². The number of halogens is 1. The second-order valence-corrected chi connectivity index (χ2v) is 9.68. The van der Waals surface area contributed by atoms with Crippen LogP contribution < -0.4 is 20.3 Å². The second kappa shape index (κ2) is 9.89. The molecule has 0 saturated carbocycles. The van der Waals surface area contributed by atoms with Gasteiger partial charge in [-0.05, 0) is 49.8 Å². The molecule has 0 radical (unpaired) electrons. The molecule has 1 saturated heterocycles. The van der Waals surface area contributed by atoms with Crippen LogP contribution in [0.1, 0.15) is 45.8 Å². The molecule has 0 unspecified atom stereocenters. The van der Waals surface area contributed by atoms with Crippen LogP contribution in [0.4, 0.5) is 15.8 Å². The Bertz CT molecular complexity index is 1420. The van der Waals surface area contributed by atoms with Gasteiger partial charge in [0.05, 0.1) is 18.5 Å². The molecule has 0 aliphatic carbocycles. The third-order valence-electron chi connectivity index (χ3n) is 6.71. The van der Waals surface area contributed by atoms with Crippen molar-refractivity contribution in [1.29, 1.82) is 0 Å². The highest BCUT2D eigenvalue weighted by molar-refractivity contribution is 7.98. The molecule has 3 amide bonds. The third kappa shape index (κ3) is 4.33. The number of nitrogens with zero attached hydrogens (tertiary/aromatic N) is 4. The highest BCUT2D eigenvalue weighted by atomic mass is 32.2. The number of primary amides is 1. The molecule has 11 heteroatoms. The number of carbonyl (C=O) groups is 3. The molecular weight excluding hydrogens is 497 g/mol. The normalized spacial score (nSPS) is 15.6. The number of anilines is 2. The lowest BCUT2D eigenvalue weighted by atomic mass is 10.0. The van der Waals surface area contributed by atoms with Crippen LogP contribution in [0.5, 0.6) is 5.75 Å². The van der Waals surface area contributed by atoms with E-state index in [1.807, 2.05) is 6.26 Å². The summed E-state index contributed by atoms with van der Waals surface area (Å²) < 4.78 is 21.2. The molecule has 0 spiro atoms. The fraction of sp³-hybridized carbons (Fsp3) is 0.308. The van der Waals surface area contributed by atoms with E-state index in [4.69, 9.17) is 10.5 Å². The Labute approximate surface area is 217 Å². The summed E-state index contributed by atoms with van der Waals surface area (Å²) in [5, 5.41) is 4.36. The lowest BCUT2D eigenvalue weighted by Gasteiger charge is -2.31. The lowest BCUT2D eigenvalue weighted by molar-refractivity contribution is -0.119. The molecule has 5 rings (SSSR count). The van der Waals surface area contributed by atoms with Crippen LogP contribution in [0.25, 0.3) is 5.69 Å². The van der Waals surface area contributed by atoms with Crippen LogP contribution in [-0.4, -0.2) is 54.0 Å². The number of piperidine rings is 1. The SMILES string of the molecule is COc1cc(N2CCCCC2=O)ccc1N1CCc2c(C(N)=O)nn(-c3cc(F)ccc3SC)c2C1=O. The number of rotatable bonds is 6. The van der Waals surface area contributed by atoms with E-state index in [9.17, 15) is 18.8 Å². The summed E-state index contributed by atoms with van der Waals surface area (Å²) in [5.74, 6) is -1.18. The molecular formula is C26H26FN5O4S. The van der Waals surface area contributed by atoms with Crippen LogP contribution in [0.15, 0.2) is 41.3 Å². The van der Waals surface area contributed by atoms with E-state index >= 15 is 0 Å². The average Bonchev–Trinajstić information content (AvgIpc) is 3.30. The van der Waals surface area contributed by atoms with Gasteiger partial charge in [0.25, 0.3) is 11.8 Å². The van der Waals surface area contributed by atoms with Crippen LogP contribution in [0, 0.1) is 5.82 Å². The summed E-state index contributed by atoms with van der Waals surface area (Å²) in [5.41, 5.74) is 7.74. The van der Waals surface area contributed by atoms with Crippen LogP contribution in [0.2, 0.25) is 0 Å². The second-order valence-electron chi connectivity index (χ2n) is 8.83. The number of hydrogen-bond donors (Lipinski definition) is 1. The molecule has 1 fully saturated rings. The number of carbonyl (C=O) groups excluding carboxylic acids is 3. The lowest BCUT2D eigenvalue weighted by Crippen LogP contribution is -2.39. The molecule has 0 bridgehead atoms. The minimum Gasteiger partial charge on any atom is -0.494 e. The van der Waals surface area contributed by atoms with Gasteiger partial charge in [-0.25, -0.2) is 9.07 Å². The standard InChI is InChI=1S/C26H26FN5O4S/c1-36-20-14-16(30-11-4-3-5-22(30)33)7-8-18(20)31-12-10-17-23(25(28)34)29-32(24(17)26(31)35)19-13-15(27)6-9-21(19)37-2/h6-9,13-14H,3-5,10-12H2,1-2H3,(H2,28,34). The summed E-state index contributed by atoms with van der Waals surface area (Å²) in [6, 6.07) is 9.52. The number of fused-ring (bicyclic) bond motifs is 1. The first-order valence-corrected chi connectivity index (χ1v) is 13.1. The number of benzene rings is 2. The van der Waals surface area contributed by atoms with Gasteiger partial charge >= 0.3 is 0 Å². The fourth-order valence-corrected chi connectivity index (χ4v) is 5.49. The summed E-state index contributed by atoms with van der Waals surface area (Å²) in [4.78, 5) is 42.5. The molecule has 3 heterocycles. The minimum absolute atomic E-state index is 0.00904. The molecule has 9 nitrogen and oxygen atoms in total. The number of hydrogen-bond acceptors (Lipinski definition) is 6. The van der Waals surface area contributed by atoms with Crippen molar-refractivity contribution in [1.82, 2.24) is 9.78 Å². The molecule has 192 valence electrons. The molecule has 37 heavy (non-hydrogen) atoms. The van der Waals surface area contributed by atoms with E-state index in [0.717, 1.165) is 12.8 Å². The van der Waals surface area contributed by atoms with E-state index in [2.05, 4.69) is 5.10 Å². The number of aromatic nitrogens is 2. The van der Waals surface area contributed by atoms with E-state index in [1.165, 1.54) is 35.7 Å². The zero-order valence-corrected chi connectivity index (χ0v) is 21.3. The van der Waals surface area contributed by atoms with Crippen molar-refractivity contribution in [2.75, 3.05) is 36.3 Å². The van der Waals surface area contributed by atoms with Gasteiger partial charge < -0.3 is 20.3 Å². The van der Waals surface area contributed by atoms with Crippen molar-refractivity contribution >= 4 is 40.9 Å². The summed E-state index contributed by atoms with van der Waals surface area (Å²) in [6.07, 6.45) is 4.45. The Morgan fingerprint density at radius 1 is 1.05 bits per heavy atom. The maximum Gasteiger partial charge on any atom is 0.277 e. The Morgan fingerprint density at radius 3 is 2.57 bits per heavy atom. The predicted octanol–water partition coefficient (Wildman–Crippen LogP) is 3.56. The first-order valence-electron chi connectivity index (χ1n) is 11.9. The summed E-state index contributed by atoms with van der Waals surface area (Å²) in [7, 11) is 1.51. The highest BCUT2D eigenvalue weighted by Crippen LogP contribution is 2.38. The van der Waals surface area contributed by atoms with E-state index < -0.39 is 17.6 Å². The number of amides is 3. The molecule has 0 atom stereocenters. The Kier molecular flexibility index (Phi) is 6.63. The molecule has 1 aromatic heterocycles. The van der Waals surface area contributed by atoms with Crippen LogP contribution in [-0.2, 0) is 11.2 Å². The first kappa shape index (κ1) is 24.8. The smallest absolute Gasteiger partial charge is 0.277 e. The van der Waals surface area contributed by atoms with Gasteiger partial charge in [-0.1, -0.05) is 0 Å². The molecule has 2 N–H and O–H groups in total. The van der Waals surface area contributed by atoms with Gasteiger partial charge in [0.1, 0.15) is 17.3 Å². The third-order valence-corrected chi connectivity index (χ3v) is 7.49. The van der Waals surface area contributed by atoms with E-state index in [-0.39, 0.29) is 23.8 Å². The molecule has 3 aromatic rings. The molecule has 2 aliphatic rings. The van der Waals surface area contributed by atoms with Gasteiger partial charge in [-0.2, -0.15) is 5.10 Å². The highest BCUT2D eigenvalue weighted by Gasteiger charge is 2.36. The zero-order valence-electron chi connectivity index (χ0n) is 20.5. The summed E-state index contributed by atoms with van der Waals surface area (Å²) >= 11 is 1.37. The minimum atomic E-state index is -0.758. The van der Waals surface area contributed by atoms with Gasteiger partial charge in [0.15, 0.2) is 5.69 Å². The predicted molar refractivity (Wildman–Crippen MR) is 138 cm³/mol. The number of ether oxygens (including phenoxy) is 1. The number of thioether (sulfide) groups is 1. The first-order chi connectivity index (χ1) is 17.8. The van der Waals surface area contributed by atoms with Crippen LogP contribution >= 0.6 is 11.8 Å². The van der Waals surface area contributed by atoms with Gasteiger partial charge in [-0.3, -0.25) is 14.4 Å². The number of nitrogens with two attached hydrogens (primary N) is 1. The van der Waals surface area contributed by atoms with Gasteiger partial charge in [0.2, 0.25) is 5.91 Å². The maximum atomic E-state index is 14.2. The Hall–Kier alpha value is -3.86. The fourth-order valence-electron chi connectivity index (χ4n) is 4.93. The average molecular weight is 524 g/mol. The van der Waals surface area contributed by atoms with Crippen LogP contribution in [0.3, 0.4) is 0 Å². The molecule has 2 aliphatic heterocycles. The van der Waals surface area contributed by atoms with Gasteiger partial charge in [-0.15, -0.1) is 11.8 Å². The van der Waals surface area contributed by atoms with E-state index in [0.29, 0.717) is 52.7 Å².